The second-order valence-electron chi connectivity index (χ2n) is 5.21. The van der Waals surface area contributed by atoms with Gasteiger partial charge in [0.1, 0.15) is 5.60 Å². The number of nitrogens with one attached hydrogen (secondary N) is 1. The fourth-order valence-electron chi connectivity index (χ4n) is 1.72. The van der Waals surface area contributed by atoms with Crippen LogP contribution in [-0.4, -0.2) is 23.7 Å². The summed E-state index contributed by atoms with van der Waals surface area (Å²) in [6.45, 7) is 13.1. The Kier molecular flexibility index (Phi) is 10.7. The lowest BCUT2D eigenvalue weighted by atomic mass is 9.92. The third-order valence-corrected chi connectivity index (χ3v) is 2.45. The van der Waals surface area contributed by atoms with Gasteiger partial charge in [-0.25, -0.2) is 13.6 Å². The van der Waals surface area contributed by atoms with Crippen molar-refractivity contribution in [3.8, 4) is 0 Å². The number of hydrogen-bond donors (Lipinski definition) is 1. The van der Waals surface area contributed by atoms with E-state index >= 15 is 0 Å². The van der Waals surface area contributed by atoms with E-state index in [9.17, 15) is 13.6 Å². The summed E-state index contributed by atoms with van der Waals surface area (Å²) in [5, 5.41) is 2.25. The van der Waals surface area contributed by atoms with Crippen LogP contribution in [0.2, 0.25) is 0 Å². The number of carbonyl (C=O) groups is 1. The molecular formula is C15H31F2NO2. The Labute approximate surface area is 122 Å². The smallest absolute Gasteiger partial charge is 0.408 e. The molecule has 1 rings (SSSR count). The maximum Gasteiger partial charge on any atom is 0.408 e. The highest BCUT2D eigenvalue weighted by molar-refractivity contribution is 5.68. The van der Waals surface area contributed by atoms with E-state index in [1.54, 1.807) is 20.8 Å². The normalized spacial score (nSPS) is 20.6. The lowest BCUT2D eigenvalue weighted by molar-refractivity contribution is -0.0652. The molecule has 0 aromatic carbocycles. The maximum absolute atomic E-state index is 13.4. The Morgan fingerprint density at radius 1 is 1.15 bits per heavy atom. The van der Waals surface area contributed by atoms with E-state index in [1.165, 1.54) is 0 Å². The molecule has 5 heteroatoms. The minimum Gasteiger partial charge on any atom is -0.444 e. The quantitative estimate of drug-likeness (QED) is 0.727. The number of alkyl halides is 2. The van der Waals surface area contributed by atoms with E-state index in [2.05, 4.69) is 5.32 Å². The van der Waals surface area contributed by atoms with Crippen LogP contribution in [0.1, 0.15) is 74.1 Å². The zero-order chi connectivity index (χ0) is 16.4. The fourth-order valence-corrected chi connectivity index (χ4v) is 1.72. The van der Waals surface area contributed by atoms with Gasteiger partial charge in [-0.1, -0.05) is 34.1 Å². The average molecular weight is 295 g/mol. The molecule has 20 heavy (non-hydrogen) atoms. The fraction of sp³-hybridized carbons (Fsp3) is 0.933. The second-order valence-corrected chi connectivity index (χ2v) is 5.21. The summed E-state index contributed by atoms with van der Waals surface area (Å²) < 4.78 is 31.7. The summed E-state index contributed by atoms with van der Waals surface area (Å²) in [7, 11) is 0. The van der Waals surface area contributed by atoms with Gasteiger partial charge in [0, 0.05) is 6.42 Å². The Balaban J connectivity index is 0. The maximum atomic E-state index is 13.4. The molecule has 0 spiro atoms. The Morgan fingerprint density at radius 2 is 1.65 bits per heavy atom. The van der Waals surface area contributed by atoms with Gasteiger partial charge in [0.05, 0.1) is 6.04 Å². The molecule has 1 amide bonds. The van der Waals surface area contributed by atoms with Crippen LogP contribution >= 0.6 is 0 Å². The standard InChI is InChI=1S/C11H19F2NO2.2C2H6/c1-10(2,3)16-9(15)14-8-6-4-5-7-11(8,12)13;2*1-2/h8H,4-7H2,1-3H3,(H,14,15);2*1-2H3. The van der Waals surface area contributed by atoms with E-state index in [0.29, 0.717) is 12.8 Å². The van der Waals surface area contributed by atoms with Gasteiger partial charge >= 0.3 is 6.09 Å². The zero-order valence-electron chi connectivity index (χ0n) is 14.0. The van der Waals surface area contributed by atoms with Crippen molar-refractivity contribution in [3.05, 3.63) is 0 Å². The number of alkyl carbamates (subject to hydrolysis) is 1. The molecule has 0 heterocycles. The lowest BCUT2D eigenvalue weighted by Crippen LogP contribution is -2.50. The molecule has 0 saturated heterocycles. The van der Waals surface area contributed by atoms with Crippen LogP contribution in [0.3, 0.4) is 0 Å². The van der Waals surface area contributed by atoms with Gasteiger partial charge < -0.3 is 10.1 Å². The number of amides is 1. The van der Waals surface area contributed by atoms with Crippen LogP contribution in [0.25, 0.3) is 0 Å². The van der Waals surface area contributed by atoms with E-state index in [1.807, 2.05) is 27.7 Å². The minimum atomic E-state index is -2.81. The average Bonchev–Trinajstić information content (AvgIpc) is 2.35. The van der Waals surface area contributed by atoms with Gasteiger partial charge in [0.25, 0.3) is 5.92 Å². The van der Waals surface area contributed by atoms with Crippen molar-refractivity contribution >= 4 is 6.09 Å². The predicted molar refractivity (Wildman–Crippen MR) is 79.3 cm³/mol. The van der Waals surface area contributed by atoms with Crippen molar-refractivity contribution in [2.75, 3.05) is 0 Å². The number of hydrogen-bond acceptors (Lipinski definition) is 2. The monoisotopic (exact) mass is 295 g/mol. The summed E-state index contributed by atoms with van der Waals surface area (Å²) in [4.78, 5) is 11.3. The highest BCUT2D eigenvalue weighted by Gasteiger charge is 2.42. The summed E-state index contributed by atoms with van der Waals surface area (Å²) in [5.41, 5.74) is -0.659. The van der Waals surface area contributed by atoms with Crippen LogP contribution in [0.4, 0.5) is 13.6 Å². The van der Waals surface area contributed by atoms with Gasteiger partial charge in [-0.2, -0.15) is 0 Å². The molecule has 0 aromatic rings. The first kappa shape index (κ1) is 21.4. The van der Waals surface area contributed by atoms with Crippen LogP contribution < -0.4 is 5.32 Å². The van der Waals surface area contributed by atoms with Crippen molar-refractivity contribution in [1.82, 2.24) is 5.32 Å². The molecule has 1 unspecified atom stereocenters. The molecule has 0 radical (unpaired) electrons. The summed E-state index contributed by atoms with van der Waals surface area (Å²) in [6, 6.07) is -1.09. The summed E-state index contributed by atoms with van der Waals surface area (Å²) >= 11 is 0. The van der Waals surface area contributed by atoms with Gasteiger partial charge in [-0.3, -0.25) is 0 Å². The molecule has 3 nitrogen and oxygen atoms in total. The van der Waals surface area contributed by atoms with Crippen molar-refractivity contribution in [2.24, 2.45) is 0 Å². The first-order valence-corrected chi connectivity index (χ1v) is 7.58. The van der Waals surface area contributed by atoms with Gasteiger partial charge in [0.15, 0.2) is 0 Å². The molecule has 1 aliphatic rings. The lowest BCUT2D eigenvalue weighted by Gasteiger charge is -2.32. The van der Waals surface area contributed by atoms with Crippen molar-refractivity contribution in [2.45, 2.75) is 91.7 Å². The van der Waals surface area contributed by atoms with E-state index < -0.39 is 23.7 Å². The van der Waals surface area contributed by atoms with Gasteiger partial charge in [-0.15, -0.1) is 0 Å². The summed E-state index contributed by atoms with van der Waals surface area (Å²) in [6.07, 6.45) is 0.619. The first-order valence-electron chi connectivity index (χ1n) is 7.58. The highest BCUT2D eigenvalue weighted by atomic mass is 19.3. The number of carbonyl (C=O) groups excluding carboxylic acids is 1. The third kappa shape index (κ3) is 9.10. The van der Waals surface area contributed by atoms with Crippen molar-refractivity contribution in [3.63, 3.8) is 0 Å². The SMILES string of the molecule is CC.CC.CC(C)(C)OC(=O)NC1CCCCC1(F)F. The summed E-state index contributed by atoms with van der Waals surface area (Å²) in [5.74, 6) is -2.81. The largest absolute Gasteiger partial charge is 0.444 e. The molecule has 0 bridgehead atoms. The van der Waals surface area contributed by atoms with Gasteiger partial charge in [0.2, 0.25) is 0 Å². The number of rotatable bonds is 1. The topological polar surface area (TPSA) is 38.3 Å². The first-order chi connectivity index (χ1) is 9.21. The van der Waals surface area contributed by atoms with Crippen LogP contribution in [0.5, 0.6) is 0 Å². The molecular weight excluding hydrogens is 264 g/mol. The number of ether oxygens (including phenoxy) is 1. The van der Waals surface area contributed by atoms with Crippen LogP contribution in [0.15, 0.2) is 0 Å². The van der Waals surface area contributed by atoms with Crippen LogP contribution in [-0.2, 0) is 4.74 Å². The van der Waals surface area contributed by atoms with E-state index in [4.69, 9.17) is 4.74 Å². The van der Waals surface area contributed by atoms with E-state index in [-0.39, 0.29) is 6.42 Å². The Bertz CT molecular complexity index is 263. The molecule has 122 valence electrons. The highest BCUT2D eigenvalue weighted by Crippen LogP contribution is 2.33. The van der Waals surface area contributed by atoms with Crippen molar-refractivity contribution < 1.29 is 18.3 Å². The Morgan fingerprint density at radius 3 is 2.05 bits per heavy atom. The molecule has 1 N–H and O–H groups in total. The van der Waals surface area contributed by atoms with Gasteiger partial charge in [-0.05, 0) is 33.6 Å². The zero-order valence-corrected chi connectivity index (χ0v) is 14.0. The predicted octanol–water partition coefficient (Wildman–Crippen LogP) is 5.14. The Hall–Kier alpha value is -0.870. The second kappa shape index (κ2) is 9.94. The van der Waals surface area contributed by atoms with Crippen LogP contribution in [0, 0.1) is 0 Å². The molecule has 1 saturated carbocycles. The minimum absolute atomic E-state index is 0.159. The third-order valence-electron chi connectivity index (χ3n) is 2.45. The van der Waals surface area contributed by atoms with E-state index in [0.717, 1.165) is 6.42 Å². The molecule has 1 fully saturated rings. The molecule has 1 aliphatic carbocycles. The number of halogens is 2. The molecule has 0 aliphatic heterocycles. The molecule has 0 aromatic heterocycles. The molecule has 1 atom stereocenters. The van der Waals surface area contributed by atoms with Crippen molar-refractivity contribution in [1.29, 1.82) is 0 Å².